The fourth-order valence-electron chi connectivity index (χ4n) is 1.94. The molecule has 0 aliphatic rings. The minimum Gasteiger partial charge on any atom is -0.399 e. The summed E-state index contributed by atoms with van der Waals surface area (Å²) in [6.45, 7) is 0.504. The van der Waals surface area contributed by atoms with Gasteiger partial charge in [-0.25, -0.2) is 0 Å². The number of rotatable bonds is 3. The summed E-state index contributed by atoms with van der Waals surface area (Å²) in [7, 11) is 1.75. The van der Waals surface area contributed by atoms with Crippen LogP contribution in [0.1, 0.15) is 15.9 Å². The molecular formula is C15H16BrN3O. The van der Waals surface area contributed by atoms with Gasteiger partial charge < -0.3 is 16.4 Å². The van der Waals surface area contributed by atoms with Gasteiger partial charge in [0, 0.05) is 29.4 Å². The fourth-order valence-corrected chi connectivity index (χ4v) is 2.35. The standard InChI is InChI=1S/C15H16BrN3O/c1-19(9-10-4-2-3-5-13(10)16)15(20)12-7-6-11(17)8-14(12)18/h2-8H,9,17-18H2,1H3. The van der Waals surface area contributed by atoms with E-state index in [1.807, 2.05) is 24.3 Å². The van der Waals surface area contributed by atoms with E-state index in [4.69, 9.17) is 11.5 Å². The van der Waals surface area contributed by atoms with Crippen LogP contribution in [-0.4, -0.2) is 17.9 Å². The van der Waals surface area contributed by atoms with Crippen LogP contribution in [0.3, 0.4) is 0 Å². The summed E-state index contributed by atoms with van der Waals surface area (Å²) in [5.41, 5.74) is 13.9. The van der Waals surface area contributed by atoms with E-state index < -0.39 is 0 Å². The third-order valence-corrected chi connectivity index (χ3v) is 3.79. The molecule has 0 spiro atoms. The number of nitrogen functional groups attached to an aromatic ring is 2. The van der Waals surface area contributed by atoms with Crippen molar-refractivity contribution >= 4 is 33.2 Å². The second kappa shape index (κ2) is 5.96. The summed E-state index contributed by atoms with van der Waals surface area (Å²) in [5.74, 6) is -0.127. The Morgan fingerprint density at radius 3 is 2.55 bits per heavy atom. The monoisotopic (exact) mass is 333 g/mol. The Hall–Kier alpha value is -2.01. The average molecular weight is 334 g/mol. The number of benzene rings is 2. The highest BCUT2D eigenvalue weighted by Crippen LogP contribution is 2.21. The number of anilines is 2. The summed E-state index contributed by atoms with van der Waals surface area (Å²) in [5, 5.41) is 0. The molecule has 5 heteroatoms. The lowest BCUT2D eigenvalue weighted by atomic mass is 10.1. The predicted molar refractivity (Wildman–Crippen MR) is 85.2 cm³/mol. The molecule has 4 nitrogen and oxygen atoms in total. The highest BCUT2D eigenvalue weighted by atomic mass is 79.9. The van der Waals surface area contributed by atoms with Crippen molar-refractivity contribution in [1.82, 2.24) is 4.90 Å². The number of amides is 1. The lowest BCUT2D eigenvalue weighted by Gasteiger charge is -2.19. The second-order valence-electron chi connectivity index (χ2n) is 4.60. The van der Waals surface area contributed by atoms with Crippen LogP contribution >= 0.6 is 15.9 Å². The third-order valence-electron chi connectivity index (χ3n) is 3.02. The van der Waals surface area contributed by atoms with Crippen molar-refractivity contribution in [3.8, 4) is 0 Å². The van der Waals surface area contributed by atoms with E-state index in [-0.39, 0.29) is 5.91 Å². The smallest absolute Gasteiger partial charge is 0.255 e. The number of carbonyl (C=O) groups is 1. The topological polar surface area (TPSA) is 72.3 Å². The van der Waals surface area contributed by atoms with Crippen LogP contribution in [0.5, 0.6) is 0 Å². The molecule has 0 aromatic heterocycles. The third kappa shape index (κ3) is 3.11. The van der Waals surface area contributed by atoms with Crippen molar-refractivity contribution in [3.63, 3.8) is 0 Å². The van der Waals surface area contributed by atoms with Gasteiger partial charge in [-0.2, -0.15) is 0 Å². The van der Waals surface area contributed by atoms with Crippen LogP contribution in [0.2, 0.25) is 0 Å². The first-order valence-electron chi connectivity index (χ1n) is 6.13. The maximum atomic E-state index is 12.4. The van der Waals surface area contributed by atoms with E-state index in [2.05, 4.69) is 15.9 Å². The lowest BCUT2D eigenvalue weighted by Crippen LogP contribution is -2.27. The molecule has 20 heavy (non-hydrogen) atoms. The van der Waals surface area contributed by atoms with Gasteiger partial charge in [0.05, 0.1) is 5.56 Å². The van der Waals surface area contributed by atoms with Crippen molar-refractivity contribution in [2.75, 3.05) is 18.5 Å². The molecule has 0 fully saturated rings. The second-order valence-corrected chi connectivity index (χ2v) is 5.45. The summed E-state index contributed by atoms with van der Waals surface area (Å²) in [4.78, 5) is 14.0. The largest absolute Gasteiger partial charge is 0.399 e. The Bertz CT molecular complexity index is 643. The molecule has 0 heterocycles. The molecular weight excluding hydrogens is 318 g/mol. The first kappa shape index (κ1) is 14.4. The molecule has 0 aliphatic heterocycles. The molecule has 0 saturated carbocycles. The first-order valence-corrected chi connectivity index (χ1v) is 6.92. The van der Waals surface area contributed by atoms with E-state index in [1.165, 1.54) is 0 Å². The normalized spacial score (nSPS) is 10.3. The summed E-state index contributed by atoms with van der Waals surface area (Å²) in [6, 6.07) is 12.7. The number of carbonyl (C=O) groups excluding carboxylic acids is 1. The Balaban J connectivity index is 2.19. The Labute approximate surface area is 126 Å². The number of nitrogens with two attached hydrogens (primary N) is 2. The van der Waals surface area contributed by atoms with Crippen LogP contribution in [-0.2, 0) is 6.54 Å². The summed E-state index contributed by atoms with van der Waals surface area (Å²) in [6.07, 6.45) is 0. The molecule has 0 saturated heterocycles. The predicted octanol–water partition coefficient (Wildman–Crippen LogP) is 2.89. The molecule has 0 radical (unpaired) electrons. The molecule has 2 aromatic carbocycles. The highest BCUT2D eigenvalue weighted by molar-refractivity contribution is 9.10. The maximum absolute atomic E-state index is 12.4. The van der Waals surface area contributed by atoms with Gasteiger partial charge in [-0.05, 0) is 29.8 Å². The Kier molecular flexibility index (Phi) is 4.29. The minimum atomic E-state index is -0.127. The van der Waals surface area contributed by atoms with Crippen LogP contribution in [0, 0.1) is 0 Å². The molecule has 2 rings (SSSR count). The molecule has 0 unspecified atom stereocenters. The minimum absolute atomic E-state index is 0.127. The van der Waals surface area contributed by atoms with E-state index in [9.17, 15) is 4.79 Å². The molecule has 104 valence electrons. The quantitative estimate of drug-likeness (QED) is 0.848. The number of hydrogen-bond acceptors (Lipinski definition) is 3. The maximum Gasteiger partial charge on any atom is 0.255 e. The van der Waals surface area contributed by atoms with Crippen molar-refractivity contribution in [1.29, 1.82) is 0 Å². The summed E-state index contributed by atoms with van der Waals surface area (Å²) < 4.78 is 0.977. The van der Waals surface area contributed by atoms with Crippen LogP contribution in [0.4, 0.5) is 11.4 Å². The van der Waals surface area contributed by atoms with Crippen molar-refractivity contribution < 1.29 is 4.79 Å². The number of halogens is 1. The fraction of sp³-hybridized carbons (Fsp3) is 0.133. The van der Waals surface area contributed by atoms with Gasteiger partial charge in [0.2, 0.25) is 0 Å². The highest BCUT2D eigenvalue weighted by Gasteiger charge is 2.15. The average Bonchev–Trinajstić information content (AvgIpc) is 2.40. The molecule has 4 N–H and O–H groups in total. The van der Waals surface area contributed by atoms with E-state index in [1.54, 1.807) is 30.1 Å². The molecule has 0 bridgehead atoms. The number of nitrogens with zero attached hydrogens (tertiary/aromatic N) is 1. The lowest BCUT2D eigenvalue weighted by molar-refractivity contribution is 0.0786. The van der Waals surface area contributed by atoms with Gasteiger partial charge in [-0.1, -0.05) is 34.1 Å². The van der Waals surface area contributed by atoms with Gasteiger partial charge in [0.15, 0.2) is 0 Å². The Morgan fingerprint density at radius 1 is 1.20 bits per heavy atom. The SMILES string of the molecule is CN(Cc1ccccc1Br)C(=O)c1ccc(N)cc1N. The van der Waals surface area contributed by atoms with E-state index in [0.717, 1.165) is 10.0 Å². The Morgan fingerprint density at radius 2 is 1.90 bits per heavy atom. The van der Waals surface area contributed by atoms with Gasteiger partial charge in [-0.3, -0.25) is 4.79 Å². The number of hydrogen-bond donors (Lipinski definition) is 2. The van der Waals surface area contributed by atoms with Crippen LogP contribution < -0.4 is 11.5 Å². The van der Waals surface area contributed by atoms with E-state index in [0.29, 0.717) is 23.5 Å². The summed E-state index contributed by atoms with van der Waals surface area (Å²) >= 11 is 3.47. The van der Waals surface area contributed by atoms with Gasteiger partial charge in [0.25, 0.3) is 5.91 Å². The molecule has 0 aliphatic carbocycles. The zero-order valence-corrected chi connectivity index (χ0v) is 12.7. The van der Waals surface area contributed by atoms with Crippen molar-refractivity contribution in [2.24, 2.45) is 0 Å². The molecule has 0 atom stereocenters. The van der Waals surface area contributed by atoms with Crippen molar-refractivity contribution in [3.05, 3.63) is 58.1 Å². The van der Waals surface area contributed by atoms with Gasteiger partial charge >= 0.3 is 0 Å². The van der Waals surface area contributed by atoms with Crippen molar-refractivity contribution in [2.45, 2.75) is 6.54 Å². The van der Waals surface area contributed by atoms with Gasteiger partial charge in [-0.15, -0.1) is 0 Å². The van der Waals surface area contributed by atoms with Crippen LogP contribution in [0.15, 0.2) is 46.9 Å². The first-order chi connectivity index (χ1) is 9.49. The zero-order valence-electron chi connectivity index (χ0n) is 11.1. The molecule has 2 aromatic rings. The van der Waals surface area contributed by atoms with Crippen LogP contribution in [0.25, 0.3) is 0 Å². The van der Waals surface area contributed by atoms with Gasteiger partial charge in [0.1, 0.15) is 0 Å². The zero-order chi connectivity index (χ0) is 14.7. The van der Waals surface area contributed by atoms with E-state index >= 15 is 0 Å². The molecule has 1 amide bonds.